The Hall–Kier alpha value is -3.48. The van der Waals surface area contributed by atoms with Gasteiger partial charge in [-0.3, -0.25) is 0 Å². The summed E-state index contributed by atoms with van der Waals surface area (Å²) in [6.07, 6.45) is 0. The molecule has 0 unspecified atom stereocenters. The zero-order valence-electron chi connectivity index (χ0n) is 19.5. The minimum atomic E-state index is -0.316. The molecule has 4 aromatic rings. The molecule has 1 aliphatic rings. The number of nitrogens with zero attached hydrogens (tertiary/aromatic N) is 6. The van der Waals surface area contributed by atoms with Gasteiger partial charge in [0.15, 0.2) is 5.13 Å². The van der Waals surface area contributed by atoms with Crippen molar-refractivity contribution in [3.8, 4) is 17.3 Å². The van der Waals surface area contributed by atoms with Gasteiger partial charge in [-0.2, -0.15) is 10.4 Å². The van der Waals surface area contributed by atoms with Gasteiger partial charge in [-0.1, -0.05) is 11.3 Å². The molecule has 0 aliphatic carbocycles. The predicted octanol–water partition coefficient (Wildman–Crippen LogP) is 4.68. The van der Waals surface area contributed by atoms with Crippen LogP contribution in [0.25, 0.3) is 22.2 Å². The Bertz CT molecular complexity index is 1380. The molecule has 0 amide bonds. The SMILES string of the molecule is CCn1nc2c(C)cc(N3CCNCC3)cc2c1N(C)c1nc(-c2ccc(F)cc2)c(C#N)s1. The summed E-state index contributed by atoms with van der Waals surface area (Å²) in [6, 6.07) is 12.8. The Balaban J connectivity index is 1.61. The fourth-order valence-corrected chi connectivity index (χ4v) is 5.32. The van der Waals surface area contributed by atoms with Gasteiger partial charge in [-0.15, -0.1) is 0 Å². The molecule has 3 heterocycles. The number of thiazole rings is 1. The van der Waals surface area contributed by atoms with E-state index < -0.39 is 0 Å². The largest absolute Gasteiger partial charge is 0.369 e. The summed E-state index contributed by atoms with van der Waals surface area (Å²) < 4.78 is 15.4. The minimum Gasteiger partial charge on any atom is -0.369 e. The van der Waals surface area contributed by atoms with Crippen LogP contribution in [0.5, 0.6) is 0 Å². The van der Waals surface area contributed by atoms with E-state index in [4.69, 9.17) is 10.1 Å². The zero-order chi connectivity index (χ0) is 23.8. The van der Waals surface area contributed by atoms with E-state index in [1.54, 1.807) is 12.1 Å². The lowest BCUT2D eigenvalue weighted by molar-refractivity contribution is 0.589. The molecule has 2 aromatic heterocycles. The van der Waals surface area contributed by atoms with Crippen LogP contribution in [0.2, 0.25) is 0 Å². The highest BCUT2D eigenvalue weighted by Crippen LogP contribution is 2.39. The van der Waals surface area contributed by atoms with Crippen molar-refractivity contribution in [3.63, 3.8) is 0 Å². The number of halogens is 1. The third kappa shape index (κ3) is 3.89. The fourth-order valence-electron chi connectivity index (χ4n) is 4.47. The lowest BCUT2D eigenvalue weighted by atomic mass is 10.1. The fraction of sp³-hybridized carbons (Fsp3) is 0.320. The highest BCUT2D eigenvalue weighted by Gasteiger charge is 2.23. The molecule has 1 saturated heterocycles. The average molecular weight is 476 g/mol. The van der Waals surface area contributed by atoms with E-state index in [2.05, 4.69) is 42.3 Å². The van der Waals surface area contributed by atoms with Gasteiger partial charge < -0.3 is 15.1 Å². The zero-order valence-corrected chi connectivity index (χ0v) is 20.3. The molecule has 1 fully saturated rings. The van der Waals surface area contributed by atoms with Gasteiger partial charge in [0, 0.05) is 56.4 Å². The van der Waals surface area contributed by atoms with Crippen LogP contribution in [0, 0.1) is 24.1 Å². The summed E-state index contributed by atoms with van der Waals surface area (Å²) in [6.45, 7) is 8.77. The molecule has 174 valence electrons. The molecule has 9 heteroatoms. The van der Waals surface area contributed by atoms with Crippen LogP contribution in [0.4, 0.5) is 21.0 Å². The number of benzene rings is 2. The molecule has 5 rings (SSSR count). The lowest BCUT2D eigenvalue weighted by Crippen LogP contribution is -2.43. The van der Waals surface area contributed by atoms with Crippen molar-refractivity contribution in [1.82, 2.24) is 20.1 Å². The van der Waals surface area contributed by atoms with Gasteiger partial charge in [-0.05, 0) is 55.8 Å². The molecule has 0 saturated carbocycles. The van der Waals surface area contributed by atoms with Crippen molar-refractivity contribution in [2.75, 3.05) is 43.0 Å². The average Bonchev–Trinajstić information content (AvgIpc) is 3.46. The van der Waals surface area contributed by atoms with E-state index in [0.717, 1.165) is 54.0 Å². The summed E-state index contributed by atoms with van der Waals surface area (Å²) in [7, 11) is 1.96. The number of hydrogen-bond acceptors (Lipinski definition) is 7. The maximum Gasteiger partial charge on any atom is 0.192 e. The van der Waals surface area contributed by atoms with E-state index in [0.29, 0.717) is 22.2 Å². The quantitative estimate of drug-likeness (QED) is 0.452. The Kier molecular flexibility index (Phi) is 5.94. The van der Waals surface area contributed by atoms with Crippen molar-refractivity contribution in [2.24, 2.45) is 0 Å². The van der Waals surface area contributed by atoms with Crippen LogP contribution in [0.3, 0.4) is 0 Å². The Morgan fingerprint density at radius 1 is 1.21 bits per heavy atom. The summed E-state index contributed by atoms with van der Waals surface area (Å²) in [5.74, 6) is 0.630. The maximum absolute atomic E-state index is 13.4. The van der Waals surface area contributed by atoms with Gasteiger partial charge >= 0.3 is 0 Å². The minimum absolute atomic E-state index is 0.316. The second-order valence-corrected chi connectivity index (χ2v) is 9.36. The number of hydrogen-bond donors (Lipinski definition) is 1. The van der Waals surface area contributed by atoms with Crippen molar-refractivity contribution in [3.05, 3.63) is 52.7 Å². The Morgan fingerprint density at radius 2 is 1.94 bits per heavy atom. The van der Waals surface area contributed by atoms with Crippen LogP contribution in [-0.2, 0) is 6.54 Å². The highest BCUT2D eigenvalue weighted by molar-refractivity contribution is 7.16. The van der Waals surface area contributed by atoms with Crippen molar-refractivity contribution < 1.29 is 4.39 Å². The van der Waals surface area contributed by atoms with E-state index in [1.807, 2.05) is 16.6 Å². The van der Waals surface area contributed by atoms with E-state index in [-0.39, 0.29) is 5.82 Å². The Morgan fingerprint density at radius 3 is 2.62 bits per heavy atom. The van der Waals surface area contributed by atoms with Crippen LogP contribution in [-0.4, -0.2) is 48.0 Å². The highest BCUT2D eigenvalue weighted by atomic mass is 32.1. The first-order valence-electron chi connectivity index (χ1n) is 11.4. The number of anilines is 3. The summed E-state index contributed by atoms with van der Waals surface area (Å²) in [5.41, 5.74) is 4.59. The third-order valence-corrected chi connectivity index (χ3v) is 7.25. The van der Waals surface area contributed by atoms with Crippen molar-refractivity contribution in [1.29, 1.82) is 5.26 Å². The maximum atomic E-state index is 13.4. The lowest BCUT2D eigenvalue weighted by Gasteiger charge is -2.30. The van der Waals surface area contributed by atoms with Gasteiger partial charge in [-0.25, -0.2) is 14.1 Å². The summed E-state index contributed by atoms with van der Waals surface area (Å²) in [4.78, 5) is 9.71. The topological polar surface area (TPSA) is 73.0 Å². The summed E-state index contributed by atoms with van der Waals surface area (Å²) in [5, 5.41) is 19.8. The van der Waals surface area contributed by atoms with Gasteiger partial charge in [0.25, 0.3) is 0 Å². The molecule has 7 nitrogen and oxygen atoms in total. The standard InChI is InChI=1S/C25H26FN7S/c1-4-33-24(20-14-19(13-16(2)22(20)30-33)32-11-9-28-10-12-32)31(3)25-29-23(21(15-27)34-25)17-5-7-18(26)8-6-17/h5-8,13-14,28H,4,9-12H2,1-3H3. The number of aryl methyl sites for hydroxylation is 2. The Labute approximate surface area is 202 Å². The third-order valence-electron chi connectivity index (χ3n) is 6.21. The number of piperazine rings is 1. The van der Waals surface area contributed by atoms with Crippen LogP contribution >= 0.6 is 11.3 Å². The molecule has 2 aromatic carbocycles. The number of fused-ring (bicyclic) bond motifs is 1. The van der Waals surface area contributed by atoms with Gasteiger partial charge in [0.05, 0.1) is 5.52 Å². The van der Waals surface area contributed by atoms with Gasteiger partial charge in [0.1, 0.15) is 28.3 Å². The molecule has 0 radical (unpaired) electrons. The number of rotatable bonds is 5. The van der Waals surface area contributed by atoms with E-state index in [9.17, 15) is 9.65 Å². The van der Waals surface area contributed by atoms with Crippen molar-refractivity contribution in [2.45, 2.75) is 20.4 Å². The second kappa shape index (κ2) is 9.05. The van der Waals surface area contributed by atoms with Crippen molar-refractivity contribution >= 4 is 38.9 Å². The van der Waals surface area contributed by atoms with Crippen LogP contribution in [0.1, 0.15) is 17.4 Å². The first kappa shape index (κ1) is 22.3. The first-order valence-corrected chi connectivity index (χ1v) is 12.2. The first-order chi connectivity index (χ1) is 16.5. The van der Waals surface area contributed by atoms with E-state index >= 15 is 0 Å². The molecule has 1 aliphatic heterocycles. The molecule has 0 spiro atoms. The molecular formula is C25H26FN7S. The molecule has 34 heavy (non-hydrogen) atoms. The van der Waals surface area contributed by atoms with Crippen LogP contribution in [0.15, 0.2) is 36.4 Å². The number of nitriles is 1. The van der Waals surface area contributed by atoms with E-state index in [1.165, 1.54) is 29.2 Å². The number of nitrogens with one attached hydrogen (secondary N) is 1. The molecule has 1 N–H and O–H groups in total. The molecular weight excluding hydrogens is 449 g/mol. The molecule has 0 bridgehead atoms. The van der Waals surface area contributed by atoms with Gasteiger partial charge in [0.2, 0.25) is 0 Å². The monoisotopic (exact) mass is 475 g/mol. The predicted molar refractivity (Wildman–Crippen MR) is 136 cm³/mol. The normalized spacial score (nSPS) is 13.9. The smallest absolute Gasteiger partial charge is 0.192 e. The molecule has 0 atom stereocenters. The van der Waals surface area contributed by atoms with Crippen LogP contribution < -0.4 is 15.1 Å². The summed E-state index contributed by atoms with van der Waals surface area (Å²) >= 11 is 1.33. The number of aromatic nitrogens is 3. The second-order valence-electron chi connectivity index (χ2n) is 8.39.